The van der Waals surface area contributed by atoms with E-state index in [1.165, 1.54) is 19.3 Å². The van der Waals surface area contributed by atoms with E-state index >= 15 is 0 Å². The van der Waals surface area contributed by atoms with Gasteiger partial charge in [0, 0.05) is 3.92 Å². The maximum Gasteiger partial charge on any atom is 0.0362 e. The Bertz CT molecular complexity index is 255. The molecule has 0 fully saturated rings. The molecule has 0 amide bonds. The largest absolute Gasteiger partial charge is 0.0774 e. The smallest absolute Gasteiger partial charge is 0.0362 e. The average molecular weight is 258 g/mol. The summed E-state index contributed by atoms with van der Waals surface area (Å²) in [6.07, 6.45) is 4.01. The van der Waals surface area contributed by atoms with E-state index in [2.05, 4.69) is 46.9 Å². The molecule has 0 bridgehead atoms. The second-order valence-electron chi connectivity index (χ2n) is 3.06. The van der Waals surface area contributed by atoms with Crippen LogP contribution in [0.3, 0.4) is 0 Å². The molecular weight excluding hydrogens is 247 g/mol. The number of hydrogen-bond acceptors (Lipinski definition) is 0. The van der Waals surface area contributed by atoms with E-state index in [0.717, 1.165) is 3.92 Å². The molecule has 1 aliphatic carbocycles. The highest BCUT2D eigenvalue weighted by atomic mass is 127. The van der Waals surface area contributed by atoms with Gasteiger partial charge in [-0.3, -0.25) is 0 Å². The Labute approximate surface area is 81.1 Å². The Balaban J connectivity index is 2.44. The summed E-state index contributed by atoms with van der Waals surface area (Å²) in [6, 6.07) is 8.83. The molecule has 1 aromatic carbocycles. The number of benzene rings is 1. The summed E-state index contributed by atoms with van der Waals surface area (Å²) in [7, 11) is 0. The van der Waals surface area contributed by atoms with Crippen molar-refractivity contribution in [1.29, 1.82) is 0 Å². The highest BCUT2D eigenvalue weighted by Gasteiger charge is 2.15. The van der Waals surface area contributed by atoms with E-state index in [4.69, 9.17) is 0 Å². The molecule has 1 heteroatoms. The highest BCUT2D eigenvalue weighted by Crippen LogP contribution is 2.35. The topological polar surface area (TPSA) is 0 Å². The zero-order chi connectivity index (χ0) is 7.68. The summed E-state index contributed by atoms with van der Waals surface area (Å²) < 4.78 is 0.762. The Morgan fingerprint density at radius 2 is 2.09 bits per heavy atom. The van der Waals surface area contributed by atoms with Crippen LogP contribution >= 0.6 is 22.6 Å². The van der Waals surface area contributed by atoms with Crippen molar-refractivity contribution >= 4 is 22.6 Å². The minimum absolute atomic E-state index is 0.762. The van der Waals surface area contributed by atoms with E-state index in [1.807, 2.05) is 0 Å². The molecule has 0 heterocycles. The lowest BCUT2D eigenvalue weighted by Gasteiger charge is -2.20. The van der Waals surface area contributed by atoms with Crippen LogP contribution in [-0.4, -0.2) is 0 Å². The van der Waals surface area contributed by atoms with E-state index in [1.54, 1.807) is 11.1 Å². The van der Waals surface area contributed by atoms with Crippen molar-refractivity contribution < 1.29 is 0 Å². The van der Waals surface area contributed by atoms with Crippen molar-refractivity contribution in [1.82, 2.24) is 0 Å². The quantitative estimate of drug-likeness (QED) is 0.493. The Morgan fingerprint density at radius 1 is 1.27 bits per heavy atom. The van der Waals surface area contributed by atoms with Crippen LogP contribution in [-0.2, 0) is 6.42 Å². The molecule has 0 spiro atoms. The Hall–Kier alpha value is -0.0500. The number of halogens is 1. The normalized spacial score (nSPS) is 22.8. The molecule has 2 rings (SSSR count). The van der Waals surface area contributed by atoms with Crippen LogP contribution in [0.25, 0.3) is 0 Å². The second-order valence-corrected chi connectivity index (χ2v) is 4.56. The van der Waals surface area contributed by atoms with Gasteiger partial charge < -0.3 is 0 Å². The summed E-state index contributed by atoms with van der Waals surface area (Å²) >= 11 is 2.55. The fraction of sp³-hybridized carbons (Fsp3) is 0.400. The van der Waals surface area contributed by atoms with Crippen molar-refractivity contribution in [3.05, 3.63) is 35.4 Å². The fourth-order valence-corrected chi connectivity index (χ4v) is 2.74. The van der Waals surface area contributed by atoms with Crippen molar-refractivity contribution in [2.24, 2.45) is 0 Å². The van der Waals surface area contributed by atoms with Crippen LogP contribution < -0.4 is 0 Å². The van der Waals surface area contributed by atoms with Crippen molar-refractivity contribution in [3.8, 4) is 0 Å². The molecule has 58 valence electrons. The van der Waals surface area contributed by atoms with Gasteiger partial charge in [0.05, 0.1) is 0 Å². The van der Waals surface area contributed by atoms with Crippen LogP contribution in [0.15, 0.2) is 24.3 Å². The number of fused-ring (bicyclic) bond motifs is 1. The second kappa shape index (κ2) is 3.13. The van der Waals surface area contributed by atoms with Gasteiger partial charge >= 0.3 is 0 Å². The van der Waals surface area contributed by atoms with Gasteiger partial charge in [-0.05, 0) is 30.4 Å². The minimum Gasteiger partial charge on any atom is -0.0774 e. The van der Waals surface area contributed by atoms with Crippen molar-refractivity contribution in [2.75, 3.05) is 0 Å². The molecule has 11 heavy (non-hydrogen) atoms. The zero-order valence-electron chi connectivity index (χ0n) is 6.39. The third kappa shape index (κ3) is 1.43. The minimum atomic E-state index is 0.762. The first-order valence-corrected chi connectivity index (χ1v) is 5.34. The molecule has 1 aromatic rings. The summed E-state index contributed by atoms with van der Waals surface area (Å²) in [4.78, 5) is 0. The average Bonchev–Trinajstić information content (AvgIpc) is 2.06. The van der Waals surface area contributed by atoms with Gasteiger partial charge in [0.25, 0.3) is 0 Å². The number of aryl methyl sites for hydroxylation is 1. The van der Waals surface area contributed by atoms with Crippen LogP contribution in [0.1, 0.15) is 27.9 Å². The zero-order valence-corrected chi connectivity index (χ0v) is 8.54. The van der Waals surface area contributed by atoms with Crippen molar-refractivity contribution in [3.63, 3.8) is 0 Å². The van der Waals surface area contributed by atoms with Crippen LogP contribution in [0.5, 0.6) is 0 Å². The standard InChI is InChI=1S/C10H11I/c11-10-7-3-5-8-4-1-2-6-9(8)10/h1-2,4,6,10H,3,5,7H2. The van der Waals surface area contributed by atoms with Crippen LogP contribution in [0, 0.1) is 0 Å². The van der Waals surface area contributed by atoms with E-state index < -0.39 is 0 Å². The lowest BCUT2D eigenvalue weighted by molar-refractivity contribution is 0.689. The van der Waals surface area contributed by atoms with Gasteiger partial charge in [0.1, 0.15) is 0 Å². The number of hydrogen-bond donors (Lipinski definition) is 0. The van der Waals surface area contributed by atoms with Gasteiger partial charge in [-0.1, -0.05) is 46.9 Å². The van der Waals surface area contributed by atoms with E-state index in [-0.39, 0.29) is 0 Å². The molecule has 0 aromatic heterocycles. The molecule has 1 aliphatic rings. The summed E-state index contributed by atoms with van der Waals surface area (Å²) in [5.74, 6) is 0. The van der Waals surface area contributed by atoms with E-state index in [0.29, 0.717) is 0 Å². The number of alkyl halides is 1. The van der Waals surface area contributed by atoms with Gasteiger partial charge in [-0.2, -0.15) is 0 Å². The molecule has 0 radical (unpaired) electrons. The summed E-state index contributed by atoms with van der Waals surface area (Å²) in [6.45, 7) is 0. The first kappa shape index (κ1) is 7.59. The molecular formula is C10H11I. The van der Waals surface area contributed by atoms with Gasteiger partial charge in [0.2, 0.25) is 0 Å². The molecule has 0 saturated heterocycles. The summed E-state index contributed by atoms with van der Waals surface area (Å²) in [5, 5.41) is 0. The molecule has 0 aliphatic heterocycles. The number of rotatable bonds is 0. The monoisotopic (exact) mass is 258 g/mol. The van der Waals surface area contributed by atoms with Gasteiger partial charge in [-0.15, -0.1) is 0 Å². The molecule has 0 saturated carbocycles. The highest BCUT2D eigenvalue weighted by molar-refractivity contribution is 14.1. The Morgan fingerprint density at radius 3 is 2.91 bits per heavy atom. The maximum absolute atomic E-state index is 2.55. The van der Waals surface area contributed by atoms with Crippen LogP contribution in [0.2, 0.25) is 0 Å². The van der Waals surface area contributed by atoms with Gasteiger partial charge in [-0.25, -0.2) is 0 Å². The molecule has 0 nitrogen and oxygen atoms in total. The van der Waals surface area contributed by atoms with Gasteiger partial charge in [0.15, 0.2) is 0 Å². The first-order chi connectivity index (χ1) is 5.38. The lowest BCUT2D eigenvalue weighted by Crippen LogP contribution is -2.03. The molecule has 0 N–H and O–H groups in total. The first-order valence-electron chi connectivity index (χ1n) is 4.10. The molecule has 1 unspecified atom stereocenters. The predicted molar refractivity (Wildman–Crippen MR) is 56.1 cm³/mol. The third-order valence-corrected chi connectivity index (χ3v) is 3.59. The third-order valence-electron chi connectivity index (χ3n) is 2.30. The maximum atomic E-state index is 2.55. The fourth-order valence-electron chi connectivity index (χ4n) is 1.69. The van der Waals surface area contributed by atoms with E-state index in [9.17, 15) is 0 Å². The SMILES string of the molecule is IC1CCCc2ccccc21. The predicted octanol–water partition coefficient (Wildman–Crippen LogP) is 3.50. The van der Waals surface area contributed by atoms with Crippen LogP contribution in [0.4, 0.5) is 0 Å². The molecule has 1 atom stereocenters. The van der Waals surface area contributed by atoms with Crippen molar-refractivity contribution in [2.45, 2.75) is 23.2 Å². The summed E-state index contributed by atoms with van der Waals surface area (Å²) in [5.41, 5.74) is 3.14. The lowest BCUT2D eigenvalue weighted by atomic mass is 9.92. The Kier molecular flexibility index (Phi) is 2.16.